The van der Waals surface area contributed by atoms with Gasteiger partial charge in [0.25, 0.3) is 0 Å². The maximum absolute atomic E-state index is 11.3. The molecule has 2 unspecified atom stereocenters. The summed E-state index contributed by atoms with van der Waals surface area (Å²) in [6.45, 7) is 5.94. The van der Waals surface area contributed by atoms with Crippen LogP contribution in [-0.2, 0) is 16.1 Å². The second-order valence-electron chi connectivity index (χ2n) is 4.05. The van der Waals surface area contributed by atoms with Gasteiger partial charge in [-0.15, -0.1) is 0 Å². The van der Waals surface area contributed by atoms with Gasteiger partial charge in [-0.2, -0.15) is 0 Å². The van der Waals surface area contributed by atoms with Crippen molar-refractivity contribution < 1.29 is 9.53 Å². The van der Waals surface area contributed by atoms with E-state index in [-0.39, 0.29) is 5.78 Å². The summed E-state index contributed by atoms with van der Waals surface area (Å²) in [7, 11) is 0. The lowest BCUT2D eigenvalue weighted by Crippen LogP contribution is -2.44. The Labute approximate surface area is 94.9 Å². The Morgan fingerprint density at radius 2 is 2.25 bits per heavy atom. The number of ether oxygens (including phenoxy) is 1. The summed E-state index contributed by atoms with van der Waals surface area (Å²) >= 11 is 0. The molecule has 1 aromatic carbocycles. The standard InChI is InChI=1S/C13H15NO2/c1-8-11-6-4-3-5-10(11)7-16-13(8)12(14)9(2)15/h3-6,12-13H,1,7,14H2,2H3. The van der Waals surface area contributed by atoms with Gasteiger partial charge in [-0.3, -0.25) is 4.79 Å². The van der Waals surface area contributed by atoms with Crippen LogP contribution < -0.4 is 5.73 Å². The van der Waals surface area contributed by atoms with E-state index in [1.165, 1.54) is 6.92 Å². The van der Waals surface area contributed by atoms with E-state index >= 15 is 0 Å². The molecule has 0 saturated heterocycles. The van der Waals surface area contributed by atoms with E-state index in [1.54, 1.807) is 0 Å². The number of carbonyl (C=O) groups is 1. The average molecular weight is 217 g/mol. The van der Waals surface area contributed by atoms with Crippen LogP contribution >= 0.6 is 0 Å². The van der Waals surface area contributed by atoms with E-state index in [2.05, 4.69) is 6.58 Å². The first-order chi connectivity index (χ1) is 7.61. The minimum atomic E-state index is -0.624. The van der Waals surface area contributed by atoms with Gasteiger partial charge in [0.1, 0.15) is 11.9 Å². The second kappa shape index (κ2) is 4.20. The van der Waals surface area contributed by atoms with Crippen LogP contribution in [0.3, 0.4) is 0 Å². The zero-order valence-electron chi connectivity index (χ0n) is 9.27. The maximum Gasteiger partial charge on any atom is 0.149 e. The SMILES string of the molecule is C=C1c2ccccc2COC1C(N)C(C)=O. The van der Waals surface area contributed by atoms with Crippen molar-refractivity contribution in [1.82, 2.24) is 0 Å². The Morgan fingerprint density at radius 3 is 2.94 bits per heavy atom. The molecule has 0 saturated carbocycles. The predicted octanol–water partition coefficient (Wildman–Crippen LogP) is 1.51. The van der Waals surface area contributed by atoms with Crippen molar-refractivity contribution in [1.29, 1.82) is 0 Å². The normalized spacial score (nSPS) is 21.4. The molecule has 0 radical (unpaired) electrons. The number of nitrogens with two attached hydrogens (primary N) is 1. The quantitative estimate of drug-likeness (QED) is 0.817. The number of hydrogen-bond acceptors (Lipinski definition) is 3. The van der Waals surface area contributed by atoms with Gasteiger partial charge >= 0.3 is 0 Å². The van der Waals surface area contributed by atoms with Gasteiger partial charge in [-0.25, -0.2) is 0 Å². The van der Waals surface area contributed by atoms with Crippen molar-refractivity contribution in [3.05, 3.63) is 42.0 Å². The van der Waals surface area contributed by atoms with Gasteiger partial charge < -0.3 is 10.5 Å². The Bertz CT molecular complexity index is 439. The van der Waals surface area contributed by atoms with Crippen molar-refractivity contribution in [2.24, 2.45) is 5.73 Å². The van der Waals surface area contributed by atoms with Gasteiger partial charge in [0.15, 0.2) is 0 Å². The van der Waals surface area contributed by atoms with Crippen LogP contribution in [0.1, 0.15) is 18.1 Å². The van der Waals surface area contributed by atoms with Gasteiger partial charge in [0.05, 0.1) is 12.6 Å². The summed E-state index contributed by atoms with van der Waals surface area (Å²) in [6, 6.07) is 7.27. The number of ketones is 1. The first kappa shape index (κ1) is 11.0. The van der Waals surface area contributed by atoms with E-state index < -0.39 is 12.1 Å². The largest absolute Gasteiger partial charge is 0.367 e. The summed E-state index contributed by atoms with van der Waals surface area (Å²) in [6.07, 6.45) is -0.396. The summed E-state index contributed by atoms with van der Waals surface area (Å²) < 4.78 is 5.59. The molecule has 0 aromatic heterocycles. The van der Waals surface area contributed by atoms with Crippen molar-refractivity contribution in [3.63, 3.8) is 0 Å². The third kappa shape index (κ3) is 1.79. The van der Waals surface area contributed by atoms with Crippen LogP contribution in [-0.4, -0.2) is 17.9 Å². The van der Waals surface area contributed by atoms with Crippen molar-refractivity contribution >= 4 is 11.4 Å². The molecule has 0 aliphatic carbocycles. The van der Waals surface area contributed by atoms with Crippen LogP contribution in [0.2, 0.25) is 0 Å². The Hall–Kier alpha value is -1.45. The zero-order chi connectivity index (χ0) is 11.7. The molecular formula is C13H15NO2. The number of hydrogen-bond donors (Lipinski definition) is 1. The van der Waals surface area contributed by atoms with Crippen molar-refractivity contribution in [3.8, 4) is 0 Å². The molecule has 0 spiro atoms. The zero-order valence-corrected chi connectivity index (χ0v) is 9.27. The molecule has 1 heterocycles. The fourth-order valence-corrected chi connectivity index (χ4v) is 1.93. The van der Waals surface area contributed by atoms with Crippen LogP contribution in [0, 0.1) is 0 Å². The Balaban J connectivity index is 2.31. The molecule has 2 N–H and O–H groups in total. The third-order valence-corrected chi connectivity index (χ3v) is 2.92. The maximum atomic E-state index is 11.3. The molecule has 2 atom stereocenters. The molecular weight excluding hydrogens is 202 g/mol. The molecule has 0 bridgehead atoms. The molecule has 1 aliphatic heterocycles. The molecule has 1 aliphatic rings. The van der Waals surface area contributed by atoms with E-state index in [1.807, 2.05) is 24.3 Å². The van der Waals surface area contributed by atoms with Gasteiger partial charge in [0.2, 0.25) is 0 Å². The highest BCUT2D eigenvalue weighted by atomic mass is 16.5. The fourth-order valence-electron chi connectivity index (χ4n) is 1.93. The predicted molar refractivity (Wildman–Crippen MR) is 62.7 cm³/mol. The minimum absolute atomic E-state index is 0.0782. The van der Waals surface area contributed by atoms with Crippen LogP contribution in [0.5, 0.6) is 0 Å². The van der Waals surface area contributed by atoms with Crippen LogP contribution in [0.15, 0.2) is 30.8 Å². The number of carbonyl (C=O) groups excluding carboxylic acids is 1. The number of Topliss-reactive ketones (excluding diaryl/α,β-unsaturated/α-hetero) is 1. The topological polar surface area (TPSA) is 52.3 Å². The second-order valence-corrected chi connectivity index (χ2v) is 4.05. The molecule has 0 amide bonds. The highest BCUT2D eigenvalue weighted by Crippen LogP contribution is 2.30. The Morgan fingerprint density at radius 1 is 1.56 bits per heavy atom. The summed E-state index contributed by atoms with van der Waals surface area (Å²) in [5.74, 6) is -0.0782. The molecule has 3 heteroatoms. The Kier molecular flexibility index (Phi) is 2.90. The van der Waals surface area contributed by atoms with Gasteiger partial charge in [-0.05, 0) is 23.6 Å². The highest BCUT2D eigenvalue weighted by molar-refractivity contribution is 5.86. The third-order valence-electron chi connectivity index (χ3n) is 2.92. The molecule has 3 nitrogen and oxygen atoms in total. The van der Waals surface area contributed by atoms with Crippen molar-refractivity contribution in [2.45, 2.75) is 25.7 Å². The number of benzene rings is 1. The summed E-state index contributed by atoms with van der Waals surface area (Å²) in [5.41, 5.74) is 8.75. The fraction of sp³-hybridized carbons (Fsp3) is 0.308. The molecule has 1 aromatic rings. The van der Waals surface area contributed by atoms with E-state index in [4.69, 9.17) is 10.5 Å². The lowest BCUT2D eigenvalue weighted by molar-refractivity contribution is -0.120. The van der Waals surface area contributed by atoms with Gasteiger partial charge in [-0.1, -0.05) is 30.8 Å². The van der Waals surface area contributed by atoms with Gasteiger partial charge in [0, 0.05) is 0 Å². The number of fused-ring (bicyclic) bond motifs is 1. The minimum Gasteiger partial charge on any atom is -0.367 e. The van der Waals surface area contributed by atoms with Crippen molar-refractivity contribution in [2.75, 3.05) is 0 Å². The first-order valence-electron chi connectivity index (χ1n) is 5.26. The molecule has 16 heavy (non-hydrogen) atoms. The smallest absolute Gasteiger partial charge is 0.149 e. The monoisotopic (exact) mass is 217 g/mol. The van der Waals surface area contributed by atoms with E-state index in [0.717, 1.165) is 16.7 Å². The lowest BCUT2D eigenvalue weighted by Gasteiger charge is -2.30. The average Bonchev–Trinajstić information content (AvgIpc) is 2.29. The summed E-state index contributed by atoms with van der Waals surface area (Å²) in [5, 5.41) is 0. The highest BCUT2D eigenvalue weighted by Gasteiger charge is 2.30. The van der Waals surface area contributed by atoms with Crippen LogP contribution in [0.4, 0.5) is 0 Å². The molecule has 0 fully saturated rings. The number of rotatable bonds is 2. The molecule has 84 valence electrons. The summed E-state index contributed by atoms with van der Waals surface area (Å²) in [4.78, 5) is 11.3. The molecule has 2 rings (SSSR count). The van der Waals surface area contributed by atoms with E-state index in [0.29, 0.717) is 6.61 Å². The van der Waals surface area contributed by atoms with E-state index in [9.17, 15) is 4.79 Å². The van der Waals surface area contributed by atoms with Crippen LogP contribution in [0.25, 0.3) is 5.57 Å². The first-order valence-corrected chi connectivity index (χ1v) is 5.26. The lowest BCUT2D eigenvalue weighted by atomic mass is 9.90.